The van der Waals surface area contributed by atoms with Gasteiger partial charge in [0.2, 0.25) is 5.88 Å². The highest BCUT2D eigenvalue weighted by atomic mass is 16.6. The third-order valence-corrected chi connectivity index (χ3v) is 2.52. The Kier molecular flexibility index (Phi) is 4.01. The Labute approximate surface area is 110 Å². The first-order valence-corrected chi connectivity index (χ1v) is 5.66. The van der Waals surface area contributed by atoms with E-state index in [0.717, 1.165) is 0 Å². The van der Waals surface area contributed by atoms with Crippen LogP contribution < -0.4 is 10.2 Å². The largest absolute Gasteiger partial charge is 0.642 e. The number of hydrogen-bond donors (Lipinski definition) is 0. The van der Waals surface area contributed by atoms with Gasteiger partial charge in [-0.15, -0.1) is 0 Å². The molecule has 0 unspecified atom stereocenters. The predicted octanol–water partition coefficient (Wildman–Crippen LogP) is -1.18. The van der Waals surface area contributed by atoms with E-state index >= 15 is 0 Å². The Morgan fingerprint density at radius 3 is 2.53 bits per heavy atom. The molecule has 2 heterocycles. The van der Waals surface area contributed by atoms with Crippen LogP contribution in [0, 0.1) is 0 Å². The van der Waals surface area contributed by atoms with E-state index in [1.807, 2.05) is 0 Å². The van der Waals surface area contributed by atoms with Gasteiger partial charge >= 0.3 is 19.1 Å². The van der Waals surface area contributed by atoms with E-state index in [-0.39, 0.29) is 19.0 Å². The summed E-state index contributed by atoms with van der Waals surface area (Å²) in [6.45, 7) is 0.0440. The van der Waals surface area contributed by atoms with E-state index in [9.17, 15) is 9.59 Å². The molecule has 1 aliphatic heterocycles. The smallest absolute Gasteiger partial charge is 0.494 e. The lowest BCUT2D eigenvalue weighted by molar-refractivity contribution is -0.145. The van der Waals surface area contributed by atoms with Gasteiger partial charge in [-0.05, 0) is 13.1 Å². The maximum atomic E-state index is 11.6. The Bertz CT molecular complexity index is 476. The lowest BCUT2D eigenvalue weighted by Crippen LogP contribution is -2.48. The maximum Gasteiger partial charge on any atom is 0.642 e. The molecule has 0 atom stereocenters. The van der Waals surface area contributed by atoms with Gasteiger partial charge in [-0.1, -0.05) is 6.07 Å². The molecule has 0 N–H and O–H groups in total. The SMILES string of the molecule is COc1ncccc1B1OC(=O)CN(C)CC(=O)O1. The summed E-state index contributed by atoms with van der Waals surface area (Å²) in [4.78, 5) is 28.7. The molecule has 0 aliphatic carbocycles. The molecule has 1 aromatic rings. The van der Waals surface area contributed by atoms with Crippen LogP contribution in [-0.2, 0) is 18.9 Å². The Morgan fingerprint density at radius 2 is 1.95 bits per heavy atom. The van der Waals surface area contributed by atoms with Gasteiger partial charge in [0.25, 0.3) is 0 Å². The molecule has 0 bridgehead atoms. The number of ether oxygens (including phenoxy) is 1. The lowest BCUT2D eigenvalue weighted by atomic mass is 9.79. The molecule has 0 saturated carbocycles. The first kappa shape index (κ1) is 13.3. The molecule has 8 heteroatoms. The summed E-state index contributed by atoms with van der Waals surface area (Å²) in [5.74, 6) is -0.709. The summed E-state index contributed by atoms with van der Waals surface area (Å²) in [5, 5.41) is 0. The summed E-state index contributed by atoms with van der Waals surface area (Å²) in [7, 11) is 1.94. The molecule has 0 spiro atoms. The van der Waals surface area contributed by atoms with Crippen LogP contribution in [0.3, 0.4) is 0 Å². The number of methoxy groups -OCH3 is 1. The fourth-order valence-corrected chi connectivity index (χ4v) is 1.71. The van der Waals surface area contributed by atoms with Gasteiger partial charge in [-0.3, -0.25) is 14.5 Å². The van der Waals surface area contributed by atoms with Crippen molar-refractivity contribution in [2.24, 2.45) is 0 Å². The summed E-state index contributed by atoms with van der Waals surface area (Å²) in [5.41, 5.74) is 0.399. The molecular weight excluding hydrogens is 251 g/mol. The van der Waals surface area contributed by atoms with Crippen molar-refractivity contribution in [3.05, 3.63) is 18.3 Å². The van der Waals surface area contributed by atoms with Crippen molar-refractivity contribution in [3.8, 4) is 5.88 Å². The fraction of sp³-hybridized carbons (Fsp3) is 0.364. The normalized spacial score (nSPS) is 17.3. The molecule has 0 radical (unpaired) electrons. The predicted molar refractivity (Wildman–Crippen MR) is 65.9 cm³/mol. The maximum absolute atomic E-state index is 11.6. The van der Waals surface area contributed by atoms with Crippen molar-refractivity contribution in [1.29, 1.82) is 0 Å². The van der Waals surface area contributed by atoms with E-state index in [2.05, 4.69) is 4.98 Å². The molecule has 2 rings (SSSR count). The van der Waals surface area contributed by atoms with Gasteiger partial charge in [0.1, 0.15) is 0 Å². The van der Waals surface area contributed by atoms with E-state index in [0.29, 0.717) is 5.46 Å². The van der Waals surface area contributed by atoms with Crippen LogP contribution in [0.5, 0.6) is 5.88 Å². The van der Waals surface area contributed by atoms with Gasteiger partial charge < -0.3 is 14.0 Å². The number of pyridine rings is 1. The fourth-order valence-electron chi connectivity index (χ4n) is 1.71. The molecule has 7 nitrogen and oxygen atoms in total. The zero-order valence-electron chi connectivity index (χ0n) is 10.7. The highest BCUT2D eigenvalue weighted by molar-refractivity contribution is 6.65. The minimum absolute atomic E-state index is 0.0220. The van der Waals surface area contributed by atoms with E-state index < -0.39 is 19.1 Å². The third-order valence-electron chi connectivity index (χ3n) is 2.52. The second-order valence-corrected chi connectivity index (χ2v) is 4.09. The number of nitrogens with zero attached hydrogens (tertiary/aromatic N) is 2. The van der Waals surface area contributed by atoms with Gasteiger partial charge in [-0.25, -0.2) is 4.98 Å². The third kappa shape index (κ3) is 3.22. The molecule has 1 aromatic heterocycles. The van der Waals surface area contributed by atoms with Crippen LogP contribution in [0.2, 0.25) is 0 Å². The monoisotopic (exact) mass is 264 g/mol. The highest BCUT2D eigenvalue weighted by Gasteiger charge is 2.36. The topological polar surface area (TPSA) is 78.0 Å². The van der Waals surface area contributed by atoms with Crippen molar-refractivity contribution in [2.45, 2.75) is 0 Å². The Hall–Kier alpha value is -2.09. The van der Waals surface area contributed by atoms with Crippen LogP contribution in [0.15, 0.2) is 18.3 Å². The summed E-state index contributed by atoms with van der Waals surface area (Å²) < 4.78 is 15.3. The zero-order valence-corrected chi connectivity index (χ0v) is 10.7. The van der Waals surface area contributed by atoms with Gasteiger partial charge in [0.15, 0.2) is 0 Å². The number of likely N-dealkylation sites (N-methyl/N-ethyl adjacent to an activating group) is 1. The summed E-state index contributed by atoms with van der Waals surface area (Å²) in [6, 6.07) is 3.27. The average molecular weight is 264 g/mol. The molecule has 100 valence electrons. The van der Waals surface area contributed by atoms with E-state index in [1.54, 1.807) is 19.2 Å². The van der Waals surface area contributed by atoms with E-state index in [1.165, 1.54) is 18.2 Å². The first-order chi connectivity index (χ1) is 9.10. The standard InChI is InChI=1S/C11H13BN2O5/c1-14-6-9(15)18-12(19-10(16)7-14)8-4-3-5-13-11(8)17-2/h3-5H,6-7H2,1-2H3. The molecular formula is C11H13BN2O5. The minimum atomic E-state index is -1.13. The van der Waals surface area contributed by atoms with Crippen LogP contribution >= 0.6 is 0 Å². The van der Waals surface area contributed by atoms with Crippen molar-refractivity contribution in [2.75, 3.05) is 27.2 Å². The lowest BCUT2D eigenvalue weighted by Gasteiger charge is -2.22. The van der Waals surface area contributed by atoms with Gasteiger partial charge in [0, 0.05) is 6.20 Å². The van der Waals surface area contributed by atoms with Gasteiger partial charge in [0.05, 0.1) is 25.7 Å². The second-order valence-electron chi connectivity index (χ2n) is 4.09. The molecule has 1 saturated heterocycles. The number of aromatic nitrogens is 1. The van der Waals surface area contributed by atoms with E-state index in [4.69, 9.17) is 14.0 Å². The first-order valence-electron chi connectivity index (χ1n) is 5.66. The summed E-state index contributed by atoms with van der Waals surface area (Å²) in [6.07, 6.45) is 1.53. The minimum Gasteiger partial charge on any atom is -0.494 e. The van der Waals surface area contributed by atoms with Crippen LogP contribution in [-0.4, -0.2) is 56.2 Å². The zero-order chi connectivity index (χ0) is 13.8. The Morgan fingerprint density at radius 1 is 1.32 bits per heavy atom. The molecule has 1 fully saturated rings. The van der Waals surface area contributed by atoms with Crippen LogP contribution in [0.1, 0.15) is 0 Å². The Balaban J connectivity index is 2.26. The molecule has 1 aliphatic rings. The molecule has 19 heavy (non-hydrogen) atoms. The average Bonchev–Trinajstić information content (AvgIpc) is 2.35. The molecule has 0 amide bonds. The summed E-state index contributed by atoms with van der Waals surface area (Å²) >= 11 is 0. The number of hydrogen-bond acceptors (Lipinski definition) is 7. The number of carbonyl (C=O) groups excluding carboxylic acids is 2. The molecule has 0 aromatic carbocycles. The highest BCUT2D eigenvalue weighted by Crippen LogP contribution is 2.07. The second kappa shape index (κ2) is 5.70. The quantitative estimate of drug-likeness (QED) is 0.622. The van der Waals surface area contributed by atoms with Crippen LogP contribution in [0.4, 0.5) is 0 Å². The van der Waals surface area contributed by atoms with Gasteiger partial charge in [-0.2, -0.15) is 0 Å². The van der Waals surface area contributed by atoms with Crippen molar-refractivity contribution >= 4 is 24.5 Å². The number of rotatable bonds is 2. The van der Waals surface area contributed by atoms with Crippen LogP contribution in [0.25, 0.3) is 0 Å². The number of carbonyl (C=O) groups is 2. The van der Waals surface area contributed by atoms with Crippen molar-refractivity contribution in [3.63, 3.8) is 0 Å². The van der Waals surface area contributed by atoms with Crippen molar-refractivity contribution in [1.82, 2.24) is 9.88 Å². The van der Waals surface area contributed by atoms with Crippen molar-refractivity contribution < 1.29 is 23.6 Å².